The number of piperidine rings is 1. The fraction of sp³-hybridized carbons (Fsp3) is 0.318. The second-order valence-electron chi connectivity index (χ2n) is 6.94. The van der Waals surface area contributed by atoms with Gasteiger partial charge in [0.05, 0.1) is 0 Å². The lowest BCUT2D eigenvalue weighted by molar-refractivity contribution is 0.0706. The number of pyridine rings is 1. The van der Waals surface area contributed by atoms with Crippen molar-refractivity contribution in [3.63, 3.8) is 0 Å². The Kier molecular flexibility index (Phi) is 5.01. The zero-order valence-electron chi connectivity index (χ0n) is 15.6. The molecule has 4 rings (SSSR count). The Labute approximate surface area is 159 Å². The van der Waals surface area contributed by atoms with Crippen LogP contribution in [-0.2, 0) is 6.42 Å². The molecule has 1 aromatic carbocycles. The summed E-state index contributed by atoms with van der Waals surface area (Å²) >= 11 is 0. The summed E-state index contributed by atoms with van der Waals surface area (Å²) in [5.41, 5.74) is 1.81. The Morgan fingerprint density at radius 3 is 2.81 bits per heavy atom. The maximum atomic E-state index is 12.8. The topological polar surface area (TPSA) is 51.0 Å². The van der Waals surface area contributed by atoms with E-state index in [1.165, 1.54) is 0 Å². The Morgan fingerprint density at radius 2 is 2.00 bits per heavy atom. The van der Waals surface area contributed by atoms with E-state index >= 15 is 0 Å². The van der Waals surface area contributed by atoms with Gasteiger partial charge in [0.2, 0.25) is 0 Å². The minimum absolute atomic E-state index is 0.110. The van der Waals surface area contributed by atoms with Crippen molar-refractivity contribution in [1.29, 1.82) is 0 Å². The first kappa shape index (κ1) is 17.5. The number of nitrogens with zero attached hydrogens (tertiary/aromatic N) is 4. The summed E-state index contributed by atoms with van der Waals surface area (Å²) in [5.74, 6) is 2.27. The summed E-state index contributed by atoms with van der Waals surface area (Å²) in [6.45, 7) is 3.62. The molecule has 5 nitrogen and oxygen atoms in total. The van der Waals surface area contributed by atoms with Gasteiger partial charge in [0.1, 0.15) is 11.6 Å². The maximum absolute atomic E-state index is 12.8. The number of benzene rings is 1. The first-order chi connectivity index (χ1) is 13.3. The predicted octanol–water partition coefficient (Wildman–Crippen LogP) is 3.85. The van der Waals surface area contributed by atoms with E-state index in [2.05, 4.69) is 24.0 Å². The normalized spacial score (nSPS) is 17.1. The molecule has 27 heavy (non-hydrogen) atoms. The highest BCUT2D eigenvalue weighted by Gasteiger charge is 2.26. The van der Waals surface area contributed by atoms with E-state index in [4.69, 9.17) is 4.98 Å². The molecule has 0 saturated carbocycles. The summed E-state index contributed by atoms with van der Waals surface area (Å²) in [6.07, 6.45) is 6.69. The quantitative estimate of drug-likeness (QED) is 0.710. The fourth-order valence-electron chi connectivity index (χ4n) is 3.77. The second-order valence-corrected chi connectivity index (χ2v) is 6.94. The molecule has 0 spiro atoms. The molecule has 0 radical (unpaired) electrons. The van der Waals surface area contributed by atoms with E-state index in [1.54, 1.807) is 0 Å². The molecule has 1 aliphatic heterocycles. The van der Waals surface area contributed by atoms with E-state index in [-0.39, 0.29) is 11.8 Å². The number of imidazole rings is 1. The van der Waals surface area contributed by atoms with Crippen LogP contribution in [0.4, 0.5) is 0 Å². The van der Waals surface area contributed by atoms with Crippen LogP contribution < -0.4 is 0 Å². The third kappa shape index (κ3) is 3.63. The van der Waals surface area contributed by atoms with Crippen LogP contribution in [0, 0.1) is 0 Å². The van der Waals surface area contributed by atoms with Crippen molar-refractivity contribution in [1.82, 2.24) is 19.4 Å². The summed E-state index contributed by atoms with van der Waals surface area (Å²) in [7, 11) is 0. The molecule has 5 heteroatoms. The highest BCUT2D eigenvalue weighted by atomic mass is 16.2. The van der Waals surface area contributed by atoms with Gasteiger partial charge in [-0.25, -0.2) is 9.97 Å². The SMILES string of the molecule is CCc1nccn1-c1cccc(C2CCCN(C(=O)c3ccccc3)C2)n1. The van der Waals surface area contributed by atoms with Crippen LogP contribution in [0.3, 0.4) is 0 Å². The molecule has 1 atom stereocenters. The van der Waals surface area contributed by atoms with Gasteiger partial charge in [0, 0.05) is 49.1 Å². The minimum Gasteiger partial charge on any atom is -0.338 e. The van der Waals surface area contributed by atoms with Gasteiger partial charge in [-0.1, -0.05) is 31.2 Å². The molecule has 1 fully saturated rings. The van der Waals surface area contributed by atoms with Gasteiger partial charge in [-0.2, -0.15) is 0 Å². The monoisotopic (exact) mass is 360 g/mol. The molecule has 0 aliphatic carbocycles. The number of aromatic nitrogens is 3. The van der Waals surface area contributed by atoms with Crippen molar-refractivity contribution in [3.05, 3.63) is 78.0 Å². The van der Waals surface area contributed by atoms with Crippen LogP contribution in [0.2, 0.25) is 0 Å². The van der Waals surface area contributed by atoms with E-state index in [9.17, 15) is 4.79 Å². The van der Waals surface area contributed by atoms with Crippen LogP contribution in [0.5, 0.6) is 0 Å². The minimum atomic E-state index is 0.110. The van der Waals surface area contributed by atoms with Gasteiger partial charge in [0.25, 0.3) is 5.91 Å². The van der Waals surface area contributed by atoms with Crippen molar-refractivity contribution in [3.8, 4) is 5.82 Å². The van der Waals surface area contributed by atoms with E-state index in [0.29, 0.717) is 0 Å². The van der Waals surface area contributed by atoms with Crippen LogP contribution in [0.25, 0.3) is 5.82 Å². The second kappa shape index (κ2) is 7.74. The maximum Gasteiger partial charge on any atom is 0.253 e. The van der Waals surface area contributed by atoms with Gasteiger partial charge in [-0.3, -0.25) is 9.36 Å². The lowest BCUT2D eigenvalue weighted by Crippen LogP contribution is -2.39. The average Bonchev–Trinajstić information content (AvgIpc) is 3.23. The van der Waals surface area contributed by atoms with Gasteiger partial charge in [-0.15, -0.1) is 0 Å². The molecule has 1 amide bonds. The Balaban J connectivity index is 1.55. The van der Waals surface area contributed by atoms with Crippen molar-refractivity contribution in [2.75, 3.05) is 13.1 Å². The summed E-state index contributed by atoms with van der Waals surface area (Å²) in [6, 6.07) is 15.7. The van der Waals surface area contributed by atoms with Gasteiger partial charge in [0.15, 0.2) is 0 Å². The number of hydrogen-bond acceptors (Lipinski definition) is 3. The Morgan fingerprint density at radius 1 is 1.15 bits per heavy atom. The highest BCUT2D eigenvalue weighted by molar-refractivity contribution is 5.94. The number of carbonyl (C=O) groups is 1. The van der Waals surface area contributed by atoms with Crippen LogP contribution in [-0.4, -0.2) is 38.4 Å². The zero-order valence-corrected chi connectivity index (χ0v) is 15.6. The van der Waals surface area contributed by atoms with Crippen LogP contribution in [0.15, 0.2) is 60.9 Å². The number of aryl methyl sites for hydroxylation is 1. The predicted molar refractivity (Wildman–Crippen MR) is 105 cm³/mol. The van der Waals surface area contributed by atoms with Crippen LogP contribution in [0.1, 0.15) is 47.6 Å². The zero-order chi connectivity index (χ0) is 18.6. The smallest absolute Gasteiger partial charge is 0.253 e. The lowest BCUT2D eigenvalue weighted by atomic mass is 9.93. The molecular formula is C22H24N4O. The first-order valence-corrected chi connectivity index (χ1v) is 9.60. The summed E-state index contributed by atoms with van der Waals surface area (Å²) in [4.78, 5) is 24.1. The highest BCUT2D eigenvalue weighted by Crippen LogP contribution is 2.27. The van der Waals surface area contributed by atoms with E-state index in [0.717, 1.165) is 55.3 Å². The first-order valence-electron chi connectivity index (χ1n) is 9.60. The van der Waals surface area contributed by atoms with E-state index < -0.39 is 0 Å². The third-order valence-corrected chi connectivity index (χ3v) is 5.18. The molecule has 0 N–H and O–H groups in total. The van der Waals surface area contributed by atoms with Crippen molar-refractivity contribution < 1.29 is 4.79 Å². The number of carbonyl (C=O) groups excluding carboxylic acids is 1. The number of likely N-dealkylation sites (tertiary alicyclic amines) is 1. The van der Waals surface area contributed by atoms with Gasteiger partial charge < -0.3 is 4.90 Å². The lowest BCUT2D eigenvalue weighted by Gasteiger charge is -2.32. The van der Waals surface area contributed by atoms with Crippen molar-refractivity contribution in [2.24, 2.45) is 0 Å². The van der Waals surface area contributed by atoms with Crippen LogP contribution >= 0.6 is 0 Å². The molecule has 3 aromatic rings. The summed E-state index contributed by atoms with van der Waals surface area (Å²) < 4.78 is 2.04. The molecule has 1 unspecified atom stereocenters. The number of hydrogen-bond donors (Lipinski definition) is 0. The van der Waals surface area contributed by atoms with E-state index in [1.807, 2.05) is 58.3 Å². The molecule has 1 saturated heterocycles. The molecule has 0 bridgehead atoms. The van der Waals surface area contributed by atoms with Gasteiger partial charge >= 0.3 is 0 Å². The molecule has 1 aliphatic rings. The fourth-order valence-corrected chi connectivity index (χ4v) is 3.77. The molecular weight excluding hydrogens is 336 g/mol. The van der Waals surface area contributed by atoms with Crippen molar-refractivity contribution >= 4 is 5.91 Å². The summed E-state index contributed by atoms with van der Waals surface area (Å²) in [5, 5.41) is 0. The Bertz CT molecular complexity index is 919. The van der Waals surface area contributed by atoms with Gasteiger partial charge in [-0.05, 0) is 37.1 Å². The molecule has 2 aromatic heterocycles. The number of amides is 1. The number of rotatable bonds is 4. The Hall–Kier alpha value is -2.95. The van der Waals surface area contributed by atoms with Crippen molar-refractivity contribution in [2.45, 2.75) is 32.1 Å². The average molecular weight is 360 g/mol. The third-order valence-electron chi connectivity index (χ3n) is 5.18. The molecule has 138 valence electrons. The largest absolute Gasteiger partial charge is 0.338 e. The molecule has 3 heterocycles. The standard InChI is InChI=1S/C22H24N4O/c1-2-20-23-13-15-26(20)21-12-6-11-19(24-21)18-10-7-14-25(16-18)22(27)17-8-4-3-5-9-17/h3-6,8-9,11-13,15,18H,2,7,10,14,16H2,1H3.